The first-order valence-electron chi connectivity index (χ1n) is 5.78. The van der Waals surface area contributed by atoms with Crippen molar-refractivity contribution in [3.63, 3.8) is 0 Å². The summed E-state index contributed by atoms with van der Waals surface area (Å²) in [5.41, 5.74) is 0. The Kier molecular flexibility index (Phi) is 5.71. The van der Waals surface area contributed by atoms with E-state index in [-0.39, 0.29) is 5.25 Å². The third-order valence-electron chi connectivity index (χ3n) is 3.22. The highest BCUT2D eigenvalue weighted by Crippen LogP contribution is 2.22. The lowest BCUT2D eigenvalue weighted by Crippen LogP contribution is -2.15. The van der Waals surface area contributed by atoms with Crippen LogP contribution in [0.15, 0.2) is 0 Å². The van der Waals surface area contributed by atoms with E-state index in [1.807, 2.05) is 0 Å². The summed E-state index contributed by atoms with van der Waals surface area (Å²) < 4.78 is 21.8. The van der Waals surface area contributed by atoms with Gasteiger partial charge in [0.2, 0.25) is 0 Å². The highest BCUT2D eigenvalue weighted by Gasteiger charge is 2.12. The summed E-state index contributed by atoms with van der Waals surface area (Å²) in [6.45, 7) is 2.31. The Balaban J connectivity index is 2.35. The van der Waals surface area contributed by atoms with Crippen molar-refractivity contribution in [1.82, 2.24) is 0 Å². The van der Waals surface area contributed by atoms with Gasteiger partial charge in [-0.3, -0.25) is 4.21 Å². The van der Waals surface area contributed by atoms with Gasteiger partial charge in [-0.2, -0.15) is 0 Å². The van der Waals surface area contributed by atoms with Crippen molar-refractivity contribution in [3.8, 4) is 0 Å². The van der Waals surface area contributed by atoms with Gasteiger partial charge in [0.1, 0.15) is 0 Å². The van der Waals surface area contributed by atoms with E-state index in [4.69, 9.17) is 0 Å². The van der Waals surface area contributed by atoms with E-state index in [0.717, 1.165) is 31.6 Å². The molecule has 0 radical (unpaired) electrons. The number of rotatable bonds is 1. The van der Waals surface area contributed by atoms with Gasteiger partial charge in [-0.05, 0) is 18.8 Å². The van der Waals surface area contributed by atoms with Gasteiger partial charge in [0.25, 0.3) is 0 Å². The molecule has 0 aromatic rings. The maximum Gasteiger partial charge on any atom is 0.0215 e. The second-order valence-electron chi connectivity index (χ2n) is 4.56. The van der Waals surface area contributed by atoms with Crippen molar-refractivity contribution in [2.24, 2.45) is 5.92 Å². The van der Waals surface area contributed by atoms with Crippen LogP contribution in [0.5, 0.6) is 0 Å². The summed E-state index contributed by atoms with van der Waals surface area (Å²) in [7, 11) is 0. The van der Waals surface area contributed by atoms with Crippen molar-refractivity contribution in [3.05, 3.63) is 0 Å². The lowest BCUT2D eigenvalue weighted by Gasteiger charge is -2.22. The molecular formula is C11H21O2S-. The lowest BCUT2D eigenvalue weighted by molar-refractivity contribution is 0.409. The Morgan fingerprint density at radius 1 is 1.00 bits per heavy atom. The predicted octanol–water partition coefficient (Wildman–Crippen LogP) is 3.00. The predicted molar refractivity (Wildman–Crippen MR) is 58.8 cm³/mol. The molecule has 3 heteroatoms. The molecule has 0 saturated heterocycles. The van der Waals surface area contributed by atoms with E-state index in [1.165, 1.54) is 25.7 Å². The van der Waals surface area contributed by atoms with E-state index >= 15 is 0 Å². The van der Waals surface area contributed by atoms with Crippen LogP contribution in [0, 0.1) is 5.92 Å². The zero-order valence-electron chi connectivity index (χ0n) is 9.04. The summed E-state index contributed by atoms with van der Waals surface area (Å²) in [6.07, 6.45) is 8.89. The van der Waals surface area contributed by atoms with Gasteiger partial charge in [0.05, 0.1) is 0 Å². The van der Waals surface area contributed by atoms with E-state index in [2.05, 4.69) is 6.92 Å². The van der Waals surface area contributed by atoms with Crippen LogP contribution in [0.3, 0.4) is 0 Å². The molecule has 1 rings (SSSR count). The summed E-state index contributed by atoms with van der Waals surface area (Å²) in [5.74, 6) is 0.837. The van der Waals surface area contributed by atoms with Crippen LogP contribution in [0.25, 0.3) is 0 Å². The minimum atomic E-state index is -1.84. The zero-order chi connectivity index (χ0) is 10.4. The van der Waals surface area contributed by atoms with Crippen molar-refractivity contribution in [1.29, 1.82) is 0 Å². The summed E-state index contributed by atoms with van der Waals surface area (Å²) in [4.78, 5) is 0. The molecule has 0 spiro atoms. The highest BCUT2D eigenvalue weighted by atomic mass is 32.2. The first-order chi connectivity index (χ1) is 6.70. The Labute approximate surface area is 89.8 Å². The molecule has 0 bridgehead atoms. The maximum absolute atomic E-state index is 10.9. The smallest absolute Gasteiger partial charge is 0.0215 e. The van der Waals surface area contributed by atoms with Crippen molar-refractivity contribution >= 4 is 11.1 Å². The van der Waals surface area contributed by atoms with Crippen molar-refractivity contribution in [2.45, 2.75) is 63.5 Å². The molecule has 14 heavy (non-hydrogen) atoms. The molecule has 84 valence electrons. The molecule has 0 amide bonds. The van der Waals surface area contributed by atoms with Gasteiger partial charge in [-0.25, -0.2) is 0 Å². The SMILES string of the molecule is CC1CCCCC(S(=O)[O-])CCCC1. The van der Waals surface area contributed by atoms with E-state index in [9.17, 15) is 8.76 Å². The molecule has 1 unspecified atom stereocenters. The second kappa shape index (κ2) is 6.57. The van der Waals surface area contributed by atoms with Gasteiger partial charge in [-0.1, -0.05) is 56.5 Å². The van der Waals surface area contributed by atoms with E-state index < -0.39 is 11.1 Å². The molecule has 1 aliphatic rings. The topological polar surface area (TPSA) is 40.1 Å². The average Bonchev–Trinajstić information content (AvgIpc) is 2.15. The zero-order valence-corrected chi connectivity index (χ0v) is 9.85. The molecule has 0 aromatic carbocycles. The second-order valence-corrected chi connectivity index (χ2v) is 5.74. The largest absolute Gasteiger partial charge is 0.772 e. The fourth-order valence-corrected chi connectivity index (χ4v) is 2.93. The Morgan fingerprint density at radius 2 is 1.43 bits per heavy atom. The maximum atomic E-state index is 10.9. The Bertz CT molecular complexity index is 170. The van der Waals surface area contributed by atoms with Gasteiger partial charge in [-0.15, -0.1) is 0 Å². The molecule has 0 aliphatic heterocycles. The van der Waals surface area contributed by atoms with Gasteiger partial charge < -0.3 is 4.55 Å². The lowest BCUT2D eigenvalue weighted by atomic mass is 9.94. The van der Waals surface area contributed by atoms with Crippen LogP contribution >= 0.6 is 0 Å². The summed E-state index contributed by atoms with van der Waals surface area (Å²) in [6, 6.07) is 0. The minimum Gasteiger partial charge on any atom is -0.772 e. The third kappa shape index (κ3) is 4.56. The van der Waals surface area contributed by atoms with Crippen molar-refractivity contribution < 1.29 is 8.76 Å². The normalized spacial score (nSPS) is 33.6. The molecule has 1 fully saturated rings. The molecule has 1 aliphatic carbocycles. The van der Waals surface area contributed by atoms with Crippen LogP contribution in [-0.2, 0) is 11.1 Å². The molecule has 0 heterocycles. The van der Waals surface area contributed by atoms with Gasteiger partial charge in [0.15, 0.2) is 0 Å². The van der Waals surface area contributed by atoms with Gasteiger partial charge >= 0.3 is 0 Å². The number of hydrogen-bond acceptors (Lipinski definition) is 2. The summed E-state index contributed by atoms with van der Waals surface area (Å²) >= 11 is -1.84. The summed E-state index contributed by atoms with van der Waals surface area (Å²) in [5, 5.41) is -0.0663. The molecular weight excluding hydrogens is 196 g/mol. The van der Waals surface area contributed by atoms with E-state index in [1.54, 1.807) is 0 Å². The first kappa shape index (κ1) is 12.2. The van der Waals surface area contributed by atoms with Crippen LogP contribution in [0.1, 0.15) is 58.3 Å². The fourth-order valence-electron chi connectivity index (χ4n) is 2.21. The molecule has 0 N–H and O–H groups in total. The Hall–Kier alpha value is 0.110. The Morgan fingerprint density at radius 3 is 1.86 bits per heavy atom. The van der Waals surface area contributed by atoms with Crippen LogP contribution in [0.4, 0.5) is 0 Å². The number of hydrogen-bond donors (Lipinski definition) is 0. The molecule has 1 saturated carbocycles. The minimum absolute atomic E-state index is 0.0663. The van der Waals surface area contributed by atoms with Crippen LogP contribution in [0.2, 0.25) is 0 Å². The third-order valence-corrected chi connectivity index (χ3v) is 4.23. The van der Waals surface area contributed by atoms with E-state index in [0.29, 0.717) is 0 Å². The first-order valence-corrected chi connectivity index (χ1v) is 6.92. The molecule has 2 nitrogen and oxygen atoms in total. The van der Waals surface area contributed by atoms with Crippen LogP contribution in [-0.4, -0.2) is 14.0 Å². The quantitative estimate of drug-likeness (QED) is 0.633. The average molecular weight is 217 g/mol. The van der Waals surface area contributed by atoms with Crippen LogP contribution < -0.4 is 0 Å². The fraction of sp³-hybridized carbons (Fsp3) is 1.00. The molecule has 0 aromatic heterocycles. The standard InChI is InChI=1S/C11H22O2S/c1-10-6-2-4-8-11(14(12)13)9-5-3-7-10/h10-11H,2-9H2,1H3,(H,12,13)/p-1. The van der Waals surface area contributed by atoms with Gasteiger partial charge in [0, 0.05) is 5.25 Å². The highest BCUT2D eigenvalue weighted by molar-refractivity contribution is 7.79. The molecule has 1 atom stereocenters. The van der Waals surface area contributed by atoms with Crippen molar-refractivity contribution in [2.75, 3.05) is 0 Å². The monoisotopic (exact) mass is 217 g/mol.